The highest BCUT2D eigenvalue weighted by Gasteiger charge is 2.15. The third kappa shape index (κ3) is 3.60. The number of H-pyrrole nitrogens is 1. The molecule has 0 radical (unpaired) electrons. The highest BCUT2D eigenvalue weighted by molar-refractivity contribution is 6.18. The molecule has 0 fully saturated rings. The molecule has 114 valence electrons. The number of hydrogen-bond acceptors (Lipinski definition) is 4. The third-order valence-corrected chi connectivity index (χ3v) is 2.94. The molecule has 6 heteroatoms. The topological polar surface area (TPSA) is 86.9 Å². The van der Waals surface area contributed by atoms with Crippen LogP contribution in [0.2, 0.25) is 0 Å². The Hall–Kier alpha value is -2.89. The van der Waals surface area contributed by atoms with Gasteiger partial charge in [0.05, 0.1) is 11.3 Å². The zero-order valence-corrected chi connectivity index (χ0v) is 12.5. The van der Waals surface area contributed by atoms with Crippen molar-refractivity contribution in [2.24, 2.45) is 0 Å². The second-order valence-corrected chi connectivity index (χ2v) is 4.55. The predicted octanol–water partition coefficient (Wildman–Crippen LogP) is 1.13. The highest BCUT2D eigenvalue weighted by atomic mass is 16.2. The molecule has 1 aromatic heterocycles. The van der Waals surface area contributed by atoms with Crippen LogP contribution in [-0.4, -0.2) is 29.5 Å². The Bertz CT molecular complexity index is 735. The molecule has 0 spiro atoms. The lowest BCUT2D eigenvalue weighted by Crippen LogP contribution is -2.26. The normalized spacial score (nSPS) is 11.1. The molecule has 0 atom stereocenters. The Morgan fingerprint density at radius 2 is 2.05 bits per heavy atom. The minimum atomic E-state index is -0.310. The number of aromatic amines is 1. The van der Waals surface area contributed by atoms with Crippen LogP contribution in [0, 0.1) is 0 Å². The summed E-state index contributed by atoms with van der Waals surface area (Å²) in [6, 6.07) is 10.8. The minimum absolute atomic E-state index is 0.228. The van der Waals surface area contributed by atoms with Crippen molar-refractivity contribution in [1.29, 1.82) is 0 Å². The second-order valence-electron chi connectivity index (χ2n) is 4.55. The first-order valence-electron chi connectivity index (χ1n) is 6.98. The highest BCUT2D eigenvalue weighted by Crippen LogP contribution is 2.16. The van der Waals surface area contributed by atoms with E-state index in [9.17, 15) is 9.59 Å². The summed E-state index contributed by atoms with van der Waals surface area (Å²) in [4.78, 5) is 31.0. The Labute approximate surface area is 128 Å². The monoisotopic (exact) mass is 298 g/mol. The van der Waals surface area contributed by atoms with Crippen LogP contribution in [0.5, 0.6) is 0 Å². The van der Waals surface area contributed by atoms with Crippen molar-refractivity contribution < 1.29 is 4.79 Å². The summed E-state index contributed by atoms with van der Waals surface area (Å²) in [7, 11) is 1.68. The molecule has 0 aliphatic heterocycles. The number of amides is 1. The molecule has 0 unspecified atom stereocenters. The van der Waals surface area contributed by atoms with E-state index in [1.807, 2.05) is 37.3 Å². The van der Waals surface area contributed by atoms with Gasteiger partial charge in [0, 0.05) is 31.4 Å². The van der Waals surface area contributed by atoms with Gasteiger partial charge in [0.25, 0.3) is 11.5 Å². The molecule has 2 rings (SSSR count). The Morgan fingerprint density at radius 3 is 2.68 bits per heavy atom. The van der Waals surface area contributed by atoms with Gasteiger partial charge in [0.1, 0.15) is 5.82 Å². The largest absolute Gasteiger partial charge is 0.393 e. The van der Waals surface area contributed by atoms with E-state index in [4.69, 9.17) is 0 Å². The van der Waals surface area contributed by atoms with E-state index in [-0.39, 0.29) is 22.9 Å². The smallest absolute Gasteiger partial charge is 0.256 e. The van der Waals surface area contributed by atoms with E-state index >= 15 is 0 Å². The van der Waals surface area contributed by atoms with E-state index in [0.29, 0.717) is 12.2 Å². The maximum atomic E-state index is 12.1. The summed E-state index contributed by atoms with van der Waals surface area (Å²) >= 11 is 0. The van der Waals surface area contributed by atoms with E-state index in [1.54, 1.807) is 7.05 Å². The maximum Gasteiger partial charge on any atom is 0.256 e. The van der Waals surface area contributed by atoms with Gasteiger partial charge in [-0.1, -0.05) is 30.3 Å². The SMILES string of the molecule is CCNC(=O)C(=CNC)c1nc(-c2ccccc2)cc(=O)[nH]1. The van der Waals surface area contributed by atoms with Crippen molar-refractivity contribution in [1.82, 2.24) is 20.6 Å². The summed E-state index contributed by atoms with van der Waals surface area (Å²) in [5, 5.41) is 5.50. The fourth-order valence-corrected chi connectivity index (χ4v) is 1.98. The van der Waals surface area contributed by atoms with Gasteiger partial charge >= 0.3 is 0 Å². The Morgan fingerprint density at radius 1 is 1.32 bits per heavy atom. The zero-order chi connectivity index (χ0) is 15.9. The summed E-state index contributed by atoms with van der Waals surface area (Å²) < 4.78 is 0. The predicted molar refractivity (Wildman–Crippen MR) is 86.0 cm³/mol. The average Bonchev–Trinajstić information content (AvgIpc) is 2.53. The summed E-state index contributed by atoms with van der Waals surface area (Å²) in [6.07, 6.45) is 1.51. The van der Waals surface area contributed by atoms with E-state index in [2.05, 4.69) is 20.6 Å². The molecular formula is C16H18N4O2. The van der Waals surface area contributed by atoms with Crippen molar-refractivity contribution in [3.8, 4) is 11.3 Å². The van der Waals surface area contributed by atoms with Crippen LogP contribution in [0.3, 0.4) is 0 Å². The zero-order valence-electron chi connectivity index (χ0n) is 12.5. The van der Waals surface area contributed by atoms with Crippen LogP contribution in [0.4, 0.5) is 0 Å². The van der Waals surface area contributed by atoms with Crippen molar-refractivity contribution >= 4 is 11.5 Å². The molecule has 3 N–H and O–H groups in total. The lowest BCUT2D eigenvalue weighted by Gasteiger charge is -2.08. The lowest BCUT2D eigenvalue weighted by molar-refractivity contribution is -0.115. The molecule has 2 aromatic rings. The third-order valence-electron chi connectivity index (χ3n) is 2.94. The van der Waals surface area contributed by atoms with Gasteiger partial charge in [-0.3, -0.25) is 9.59 Å². The van der Waals surface area contributed by atoms with Crippen molar-refractivity contribution in [3.05, 3.63) is 58.8 Å². The number of hydrogen-bond donors (Lipinski definition) is 3. The van der Waals surface area contributed by atoms with Crippen LogP contribution in [0.15, 0.2) is 47.4 Å². The summed E-state index contributed by atoms with van der Waals surface area (Å²) in [6.45, 7) is 2.31. The molecule has 0 saturated heterocycles. The molecule has 1 heterocycles. The van der Waals surface area contributed by atoms with Crippen LogP contribution >= 0.6 is 0 Å². The van der Waals surface area contributed by atoms with Crippen molar-refractivity contribution in [2.75, 3.05) is 13.6 Å². The van der Waals surface area contributed by atoms with Crippen molar-refractivity contribution in [3.63, 3.8) is 0 Å². The van der Waals surface area contributed by atoms with Crippen molar-refractivity contribution in [2.45, 2.75) is 6.92 Å². The number of aromatic nitrogens is 2. The van der Waals surface area contributed by atoms with Gasteiger partial charge in [0.2, 0.25) is 0 Å². The fraction of sp³-hybridized carbons (Fsp3) is 0.188. The number of nitrogens with one attached hydrogen (secondary N) is 3. The lowest BCUT2D eigenvalue weighted by atomic mass is 10.1. The van der Waals surface area contributed by atoms with Gasteiger partial charge in [0.15, 0.2) is 0 Å². The van der Waals surface area contributed by atoms with Crippen LogP contribution in [-0.2, 0) is 4.79 Å². The summed E-state index contributed by atoms with van der Waals surface area (Å²) in [5.74, 6) is -0.0723. The molecule has 22 heavy (non-hydrogen) atoms. The van der Waals surface area contributed by atoms with E-state index in [1.165, 1.54) is 12.3 Å². The van der Waals surface area contributed by atoms with Gasteiger partial charge in [-0.05, 0) is 6.92 Å². The number of benzene rings is 1. The molecule has 6 nitrogen and oxygen atoms in total. The average molecular weight is 298 g/mol. The first kappa shape index (κ1) is 15.5. The molecule has 0 aliphatic rings. The number of carbonyl (C=O) groups excluding carboxylic acids is 1. The quantitative estimate of drug-likeness (QED) is 0.722. The Balaban J connectivity index is 2.51. The maximum absolute atomic E-state index is 12.1. The van der Waals surface area contributed by atoms with Crippen LogP contribution < -0.4 is 16.2 Å². The Kier molecular flexibility index (Phi) is 5.08. The van der Waals surface area contributed by atoms with Gasteiger partial charge < -0.3 is 15.6 Å². The van der Waals surface area contributed by atoms with Gasteiger partial charge in [-0.2, -0.15) is 0 Å². The molecule has 1 aromatic carbocycles. The number of nitrogens with zero attached hydrogens (tertiary/aromatic N) is 1. The number of carbonyl (C=O) groups is 1. The molecule has 0 bridgehead atoms. The van der Waals surface area contributed by atoms with Gasteiger partial charge in [-0.15, -0.1) is 0 Å². The van der Waals surface area contributed by atoms with E-state index in [0.717, 1.165) is 5.56 Å². The minimum Gasteiger partial charge on any atom is -0.393 e. The molecule has 0 aliphatic carbocycles. The van der Waals surface area contributed by atoms with Crippen LogP contribution in [0.1, 0.15) is 12.7 Å². The number of likely N-dealkylation sites (N-methyl/N-ethyl adjacent to an activating group) is 1. The molecular weight excluding hydrogens is 280 g/mol. The van der Waals surface area contributed by atoms with E-state index < -0.39 is 0 Å². The number of rotatable bonds is 5. The summed E-state index contributed by atoms with van der Waals surface area (Å²) in [5.41, 5.74) is 1.30. The first-order chi connectivity index (χ1) is 10.7. The first-order valence-corrected chi connectivity index (χ1v) is 6.98. The second kappa shape index (κ2) is 7.21. The standard InChI is InChI=1S/C16H18N4O2/c1-3-18-16(22)12(10-17-2)15-19-13(9-14(21)20-15)11-7-5-4-6-8-11/h4-10,17H,3H2,1-2H3,(H,18,22)(H,19,20,21). The molecule has 0 saturated carbocycles. The van der Waals surface area contributed by atoms with Gasteiger partial charge in [-0.25, -0.2) is 4.98 Å². The molecule has 1 amide bonds. The fourth-order valence-electron chi connectivity index (χ4n) is 1.98. The van der Waals surface area contributed by atoms with Crippen LogP contribution in [0.25, 0.3) is 16.8 Å².